The minimum atomic E-state index is -0.291. The molecule has 0 radical (unpaired) electrons. The molecular weight excluding hydrogens is 452 g/mol. The number of imidazole rings is 1. The standard InChI is InChI=1S/C26H25ClN4O3/c1-30(16-19-7-3-2-4-8-19)26(33)17-31-23-10-6-5-9-22(23)29-24(31)15-28-25(32)18-34-21-13-11-20(27)12-14-21/h2-14H,15-18H2,1H3,(H,28,32). The molecule has 0 saturated carbocycles. The molecule has 0 spiro atoms. The van der Waals surface area contributed by atoms with Crippen molar-refractivity contribution in [3.05, 3.63) is 95.3 Å². The average molecular weight is 477 g/mol. The van der Waals surface area contributed by atoms with Crippen LogP contribution in [0.1, 0.15) is 11.4 Å². The van der Waals surface area contributed by atoms with E-state index in [1.165, 1.54) is 0 Å². The third-order valence-electron chi connectivity index (χ3n) is 5.34. The monoisotopic (exact) mass is 476 g/mol. The molecule has 2 amide bonds. The Hall–Kier alpha value is -3.84. The lowest BCUT2D eigenvalue weighted by molar-refractivity contribution is -0.131. The molecule has 34 heavy (non-hydrogen) atoms. The summed E-state index contributed by atoms with van der Waals surface area (Å²) in [5, 5.41) is 3.42. The number of nitrogens with zero attached hydrogens (tertiary/aromatic N) is 3. The topological polar surface area (TPSA) is 76.5 Å². The van der Waals surface area contributed by atoms with Gasteiger partial charge in [-0.15, -0.1) is 0 Å². The van der Waals surface area contributed by atoms with E-state index in [-0.39, 0.29) is 31.5 Å². The van der Waals surface area contributed by atoms with Gasteiger partial charge in [0.25, 0.3) is 5.91 Å². The Labute approximate surface area is 202 Å². The Balaban J connectivity index is 1.41. The van der Waals surface area contributed by atoms with Crippen LogP contribution in [-0.4, -0.2) is 39.9 Å². The van der Waals surface area contributed by atoms with Gasteiger partial charge in [-0.2, -0.15) is 0 Å². The predicted octanol–water partition coefficient (Wildman–Crippen LogP) is 4.04. The molecule has 1 N–H and O–H groups in total. The fourth-order valence-corrected chi connectivity index (χ4v) is 3.67. The molecule has 3 aromatic carbocycles. The highest BCUT2D eigenvalue weighted by atomic mass is 35.5. The number of hydrogen-bond donors (Lipinski definition) is 1. The highest BCUT2D eigenvalue weighted by Crippen LogP contribution is 2.17. The Bertz CT molecular complexity index is 1270. The second-order valence-corrected chi connectivity index (χ2v) is 8.29. The smallest absolute Gasteiger partial charge is 0.258 e. The number of aromatic nitrogens is 2. The van der Waals surface area contributed by atoms with Gasteiger partial charge >= 0.3 is 0 Å². The number of carbonyl (C=O) groups is 2. The molecule has 1 aromatic heterocycles. The molecule has 4 rings (SSSR count). The van der Waals surface area contributed by atoms with Crippen LogP contribution < -0.4 is 10.1 Å². The van der Waals surface area contributed by atoms with Crippen molar-refractivity contribution < 1.29 is 14.3 Å². The fourth-order valence-electron chi connectivity index (χ4n) is 3.55. The van der Waals surface area contributed by atoms with Gasteiger partial charge in [0.15, 0.2) is 6.61 Å². The van der Waals surface area contributed by atoms with Gasteiger partial charge in [0.1, 0.15) is 18.1 Å². The number of amides is 2. The van der Waals surface area contributed by atoms with E-state index in [1.807, 2.05) is 59.2 Å². The number of hydrogen-bond acceptors (Lipinski definition) is 4. The quantitative estimate of drug-likeness (QED) is 0.395. The van der Waals surface area contributed by atoms with Crippen molar-refractivity contribution in [2.75, 3.05) is 13.7 Å². The summed E-state index contributed by atoms with van der Waals surface area (Å²) in [6, 6.07) is 24.2. The maximum Gasteiger partial charge on any atom is 0.258 e. The van der Waals surface area contributed by atoms with Crippen molar-refractivity contribution in [2.45, 2.75) is 19.6 Å². The largest absolute Gasteiger partial charge is 0.484 e. The first-order valence-corrected chi connectivity index (χ1v) is 11.2. The number of likely N-dealkylation sites (N-methyl/N-ethyl adjacent to an activating group) is 1. The zero-order chi connectivity index (χ0) is 23.9. The molecule has 0 fully saturated rings. The number of rotatable bonds is 9. The van der Waals surface area contributed by atoms with Gasteiger partial charge in [-0.1, -0.05) is 54.1 Å². The molecule has 0 saturated heterocycles. The number of para-hydroxylation sites is 2. The minimum absolute atomic E-state index is 0.0503. The number of carbonyl (C=O) groups excluding carboxylic acids is 2. The summed E-state index contributed by atoms with van der Waals surface area (Å²) < 4.78 is 7.34. The average Bonchev–Trinajstić information content (AvgIpc) is 3.20. The van der Waals surface area contributed by atoms with Crippen LogP contribution in [0.5, 0.6) is 5.75 Å². The Morgan fingerprint density at radius 3 is 2.47 bits per heavy atom. The van der Waals surface area contributed by atoms with Crippen LogP contribution >= 0.6 is 11.6 Å². The highest BCUT2D eigenvalue weighted by Gasteiger charge is 2.17. The molecule has 8 heteroatoms. The first-order valence-electron chi connectivity index (χ1n) is 10.9. The molecular formula is C26H25ClN4O3. The van der Waals surface area contributed by atoms with E-state index >= 15 is 0 Å². The first-order chi connectivity index (χ1) is 16.5. The van der Waals surface area contributed by atoms with Crippen molar-refractivity contribution in [1.29, 1.82) is 0 Å². The van der Waals surface area contributed by atoms with Crippen LogP contribution in [0.25, 0.3) is 11.0 Å². The number of nitrogens with one attached hydrogen (secondary N) is 1. The van der Waals surface area contributed by atoms with Crippen molar-refractivity contribution in [3.8, 4) is 5.75 Å². The summed E-state index contributed by atoms with van der Waals surface area (Å²) in [6.07, 6.45) is 0. The van der Waals surface area contributed by atoms with Crippen molar-refractivity contribution in [3.63, 3.8) is 0 Å². The van der Waals surface area contributed by atoms with E-state index in [9.17, 15) is 9.59 Å². The maximum atomic E-state index is 13.0. The van der Waals surface area contributed by atoms with Crippen LogP contribution in [-0.2, 0) is 29.2 Å². The number of benzene rings is 3. The SMILES string of the molecule is CN(Cc1ccccc1)C(=O)Cn1c(CNC(=O)COc2ccc(Cl)cc2)nc2ccccc21. The Morgan fingerprint density at radius 1 is 1.00 bits per heavy atom. The van der Waals surface area contributed by atoms with Gasteiger partial charge in [0.05, 0.1) is 17.6 Å². The third-order valence-corrected chi connectivity index (χ3v) is 5.59. The van der Waals surface area contributed by atoms with Crippen molar-refractivity contribution in [2.24, 2.45) is 0 Å². The van der Waals surface area contributed by atoms with E-state index < -0.39 is 0 Å². The van der Waals surface area contributed by atoms with Gasteiger partial charge in [0, 0.05) is 18.6 Å². The number of fused-ring (bicyclic) bond motifs is 1. The van der Waals surface area contributed by atoms with Gasteiger partial charge in [-0.3, -0.25) is 9.59 Å². The van der Waals surface area contributed by atoms with E-state index in [4.69, 9.17) is 16.3 Å². The molecule has 0 atom stereocenters. The van der Waals surface area contributed by atoms with Crippen LogP contribution in [0.2, 0.25) is 5.02 Å². The summed E-state index contributed by atoms with van der Waals surface area (Å²) in [6.45, 7) is 0.671. The van der Waals surface area contributed by atoms with E-state index in [0.29, 0.717) is 23.1 Å². The summed E-state index contributed by atoms with van der Waals surface area (Å²) in [7, 11) is 1.78. The van der Waals surface area contributed by atoms with Crippen LogP contribution in [0.3, 0.4) is 0 Å². The normalized spacial score (nSPS) is 10.8. The van der Waals surface area contributed by atoms with E-state index in [0.717, 1.165) is 16.6 Å². The number of ether oxygens (including phenoxy) is 1. The first kappa shape index (κ1) is 23.3. The summed E-state index contributed by atoms with van der Waals surface area (Å²) in [4.78, 5) is 31.7. The molecule has 0 bridgehead atoms. The third kappa shape index (κ3) is 5.94. The van der Waals surface area contributed by atoms with E-state index in [1.54, 1.807) is 36.2 Å². The second-order valence-electron chi connectivity index (χ2n) is 7.86. The predicted molar refractivity (Wildman–Crippen MR) is 131 cm³/mol. The maximum absolute atomic E-state index is 13.0. The summed E-state index contributed by atoms with van der Waals surface area (Å²) in [5.74, 6) is 0.813. The molecule has 1 heterocycles. The zero-order valence-electron chi connectivity index (χ0n) is 18.8. The molecule has 4 aromatic rings. The number of halogens is 1. The summed E-state index contributed by atoms with van der Waals surface area (Å²) in [5.41, 5.74) is 2.66. The van der Waals surface area contributed by atoms with Gasteiger partial charge in [-0.25, -0.2) is 4.98 Å². The lowest BCUT2D eigenvalue weighted by Gasteiger charge is -2.19. The molecule has 174 valence electrons. The Morgan fingerprint density at radius 2 is 1.71 bits per heavy atom. The van der Waals surface area contributed by atoms with Crippen LogP contribution in [0.15, 0.2) is 78.9 Å². The van der Waals surface area contributed by atoms with Crippen molar-refractivity contribution >= 4 is 34.4 Å². The Kier molecular flexibility index (Phi) is 7.44. The molecule has 0 aliphatic heterocycles. The van der Waals surface area contributed by atoms with Gasteiger partial charge < -0.3 is 19.5 Å². The fraction of sp³-hybridized carbons (Fsp3) is 0.192. The zero-order valence-corrected chi connectivity index (χ0v) is 19.5. The summed E-state index contributed by atoms with van der Waals surface area (Å²) >= 11 is 5.87. The second kappa shape index (κ2) is 10.9. The van der Waals surface area contributed by atoms with Gasteiger partial charge in [-0.05, 0) is 42.0 Å². The lowest BCUT2D eigenvalue weighted by atomic mass is 10.2. The van der Waals surface area contributed by atoms with Crippen molar-refractivity contribution in [1.82, 2.24) is 19.8 Å². The minimum Gasteiger partial charge on any atom is -0.484 e. The van der Waals surface area contributed by atoms with Gasteiger partial charge in [0.2, 0.25) is 5.91 Å². The molecule has 0 aliphatic carbocycles. The lowest BCUT2D eigenvalue weighted by Crippen LogP contribution is -2.32. The molecule has 0 aliphatic rings. The molecule has 7 nitrogen and oxygen atoms in total. The van der Waals surface area contributed by atoms with Crippen LogP contribution in [0, 0.1) is 0 Å². The highest BCUT2D eigenvalue weighted by molar-refractivity contribution is 6.30. The van der Waals surface area contributed by atoms with Crippen LogP contribution in [0.4, 0.5) is 0 Å². The van der Waals surface area contributed by atoms with E-state index in [2.05, 4.69) is 10.3 Å². The molecule has 0 unspecified atom stereocenters.